The number of nitrogens with zero attached hydrogens (tertiary/aromatic N) is 3. The Morgan fingerprint density at radius 3 is 3.15 bits per heavy atom. The SMILES string of the molecule is CC(NCc1cc(Cl)ccc1O)c1nnc2n1CCC2. The van der Waals surface area contributed by atoms with E-state index >= 15 is 0 Å². The Labute approximate surface area is 122 Å². The van der Waals surface area contributed by atoms with Crippen molar-refractivity contribution in [2.75, 3.05) is 0 Å². The highest BCUT2D eigenvalue weighted by atomic mass is 35.5. The van der Waals surface area contributed by atoms with E-state index in [1.165, 1.54) is 0 Å². The Balaban J connectivity index is 1.70. The fourth-order valence-electron chi connectivity index (χ4n) is 2.54. The lowest BCUT2D eigenvalue weighted by Gasteiger charge is -2.14. The summed E-state index contributed by atoms with van der Waals surface area (Å²) in [5.41, 5.74) is 0.783. The van der Waals surface area contributed by atoms with Crippen LogP contribution in [-0.2, 0) is 19.5 Å². The van der Waals surface area contributed by atoms with Crippen molar-refractivity contribution in [1.29, 1.82) is 0 Å². The Morgan fingerprint density at radius 1 is 1.45 bits per heavy atom. The molecule has 0 amide bonds. The van der Waals surface area contributed by atoms with E-state index in [4.69, 9.17) is 11.6 Å². The summed E-state index contributed by atoms with van der Waals surface area (Å²) in [7, 11) is 0. The molecule has 0 saturated heterocycles. The van der Waals surface area contributed by atoms with Crippen LogP contribution in [0.5, 0.6) is 5.75 Å². The van der Waals surface area contributed by atoms with Gasteiger partial charge in [0.1, 0.15) is 17.4 Å². The Morgan fingerprint density at radius 2 is 2.30 bits per heavy atom. The number of aromatic nitrogens is 3. The molecule has 0 spiro atoms. The number of hydrogen-bond acceptors (Lipinski definition) is 4. The maximum atomic E-state index is 9.80. The van der Waals surface area contributed by atoms with Gasteiger partial charge in [-0.1, -0.05) is 11.6 Å². The van der Waals surface area contributed by atoms with Crippen LogP contribution in [0.15, 0.2) is 18.2 Å². The molecule has 0 radical (unpaired) electrons. The van der Waals surface area contributed by atoms with Crippen LogP contribution in [0.25, 0.3) is 0 Å². The minimum atomic E-state index is 0.0766. The van der Waals surface area contributed by atoms with E-state index in [-0.39, 0.29) is 11.8 Å². The van der Waals surface area contributed by atoms with Crippen LogP contribution < -0.4 is 5.32 Å². The number of aromatic hydroxyl groups is 1. The van der Waals surface area contributed by atoms with Gasteiger partial charge in [-0.05, 0) is 31.5 Å². The number of phenols is 1. The third-order valence-corrected chi connectivity index (χ3v) is 3.90. The summed E-state index contributed by atoms with van der Waals surface area (Å²) in [6.45, 7) is 3.58. The second kappa shape index (κ2) is 5.42. The molecule has 2 heterocycles. The predicted molar refractivity (Wildman–Crippen MR) is 76.7 cm³/mol. The molecule has 0 bridgehead atoms. The molecule has 1 aliphatic heterocycles. The van der Waals surface area contributed by atoms with E-state index < -0.39 is 0 Å². The molecule has 5 nitrogen and oxygen atoms in total. The lowest BCUT2D eigenvalue weighted by molar-refractivity contribution is 0.456. The largest absolute Gasteiger partial charge is 0.508 e. The molecule has 6 heteroatoms. The summed E-state index contributed by atoms with van der Waals surface area (Å²) in [6.07, 6.45) is 2.15. The van der Waals surface area contributed by atoms with E-state index in [1.54, 1.807) is 18.2 Å². The number of nitrogens with one attached hydrogen (secondary N) is 1. The first-order chi connectivity index (χ1) is 9.65. The van der Waals surface area contributed by atoms with Crippen LogP contribution in [0, 0.1) is 0 Å². The van der Waals surface area contributed by atoms with Crippen LogP contribution in [0.3, 0.4) is 0 Å². The van der Waals surface area contributed by atoms with Gasteiger partial charge < -0.3 is 15.0 Å². The van der Waals surface area contributed by atoms with Crippen molar-refractivity contribution in [2.45, 2.75) is 38.9 Å². The normalized spacial score (nSPS) is 15.3. The van der Waals surface area contributed by atoms with E-state index in [2.05, 4.69) is 27.0 Å². The average Bonchev–Trinajstić information content (AvgIpc) is 3.02. The van der Waals surface area contributed by atoms with Gasteiger partial charge in [0, 0.05) is 30.1 Å². The van der Waals surface area contributed by atoms with Crippen molar-refractivity contribution in [3.05, 3.63) is 40.4 Å². The first kappa shape index (κ1) is 13.4. The maximum Gasteiger partial charge on any atom is 0.149 e. The quantitative estimate of drug-likeness (QED) is 0.908. The second-order valence-corrected chi connectivity index (χ2v) is 5.54. The molecule has 2 N–H and O–H groups in total. The van der Waals surface area contributed by atoms with Gasteiger partial charge in [-0.3, -0.25) is 0 Å². The zero-order valence-corrected chi connectivity index (χ0v) is 12.1. The van der Waals surface area contributed by atoms with Crippen molar-refractivity contribution < 1.29 is 5.11 Å². The summed E-state index contributed by atoms with van der Waals surface area (Å²) in [5, 5.41) is 22.2. The topological polar surface area (TPSA) is 63.0 Å². The number of aryl methyl sites for hydroxylation is 1. The van der Waals surface area contributed by atoms with Gasteiger partial charge in [0.15, 0.2) is 0 Å². The molecule has 1 atom stereocenters. The molecule has 0 fully saturated rings. The Hall–Kier alpha value is -1.59. The van der Waals surface area contributed by atoms with Crippen LogP contribution in [-0.4, -0.2) is 19.9 Å². The van der Waals surface area contributed by atoms with Crippen LogP contribution in [0.1, 0.15) is 36.6 Å². The minimum absolute atomic E-state index is 0.0766. The highest BCUT2D eigenvalue weighted by Gasteiger charge is 2.21. The van der Waals surface area contributed by atoms with Gasteiger partial charge >= 0.3 is 0 Å². The highest BCUT2D eigenvalue weighted by molar-refractivity contribution is 6.30. The molecule has 3 rings (SSSR count). The fourth-order valence-corrected chi connectivity index (χ4v) is 2.74. The summed E-state index contributed by atoms with van der Waals surface area (Å²) in [5.74, 6) is 2.28. The first-order valence-corrected chi connectivity index (χ1v) is 7.15. The molecule has 1 unspecified atom stereocenters. The molecule has 0 saturated carbocycles. The van der Waals surface area contributed by atoms with Crippen LogP contribution in [0.4, 0.5) is 0 Å². The summed E-state index contributed by atoms with van der Waals surface area (Å²) in [6, 6.07) is 5.13. The summed E-state index contributed by atoms with van der Waals surface area (Å²) >= 11 is 5.94. The van der Waals surface area contributed by atoms with Crippen LogP contribution >= 0.6 is 11.6 Å². The van der Waals surface area contributed by atoms with E-state index in [0.29, 0.717) is 11.6 Å². The third-order valence-electron chi connectivity index (χ3n) is 3.67. The number of rotatable bonds is 4. The van der Waals surface area contributed by atoms with Gasteiger partial charge in [-0.2, -0.15) is 0 Å². The van der Waals surface area contributed by atoms with Crippen LogP contribution in [0.2, 0.25) is 5.02 Å². The van der Waals surface area contributed by atoms with Crippen molar-refractivity contribution in [2.24, 2.45) is 0 Å². The van der Waals surface area contributed by atoms with Crippen molar-refractivity contribution in [3.63, 3.8) is 0 Å². The molecular weight excluding hydrogens is 276 g/mol. The summed E-state index contributed by atoms with van der Waals surface area (Å²) < 4.78 is 2.18. The van der Waals surface area contributed by atoms with Crippen molar-refractivity contribution in [3.8, 4) is 5.75 Å². The second-order valence-electron chi connectivity index (χ2n) is 5.11. The number of halogens is 1. The fraction of sp³-hybridized carbons (Fsp3) is 0.429. The molecule has 1 aliphatic rings. The molecule has 0 aliphatic carbocycles. The van der Waals surface area contributed by atoms with E-state index in [9.17, 15) is 5.11 Å². The number of phenolic OH excluding ortho intramolecular Hbond substituents is 1. The molecule has 106 valence electrons. The minimum Gasteiger partial charge on any atom is -0.508 e. The molecule has 2 aromatic rings. The number of benzene rings is 1. The van der Waals surface area contributed by atoms with E-state index in [1.807, 2.05) is 0 Å². The maximum absolute atomic E-state index is 9.80. The van der Waals surface area contributed by atoms with Gasteiger partial charge in [0.05, 0.1) is 6.04 Å². The number of fused-ring (bicyclic) bond motifs is 1. The number of hydrogen-bond donors (Lipinski definition) is 2. The van der Waals surface area contributed by atoms with Crippen molar-refractivity contribution in [1.82, 2.24) is 20.1 Å². The van der Waals surface area contributed by atoms with Gasteiger partial charge in [0.25, 0.3) is 0 Å². The first-order valence-electron chi connectivity index (χ1n) is 6.78. The van der Waals surface area contributed by atoms with E-state index in [0.717, 1.165) is 36.6 Å². The van der Waals surface area contributed by atoms with Gasteiger partial charge in [0.2, 0.25) is 0 Å². The van der Waals surface area contributed by atoms with Gasteiger partial charge in [-0.25, -0.2) is 0 Å². The molecular formula is C14H17ClN4O. The van der Waals surface area contributed by atoms with Crippen molar-refractivity contribution >= 4 is 11.6 Å². The highest BCUT2D eigenvalue weighted by Crippen LogP contribution is 2.23. The molecule has 20 heavy (non-hydrogen) atoms. The van der Waals surface area contributed by atoms with Gasteiger partial charge in [-0.15, -0.1) is 10.2 Å². The standard InChI is InChI=1S/C14H17ClN4O/c1-9(14-18-17-13-3-2-6-19(13)14)16-8-10-7-11(15)4-5-12(10)20/h4-5,7,9,16,20H,2-3,6,8H2,1H3. The third kappa shape index (κ3) is 2.51. The average molecular weight is 293 g/mol. The predicted octanol–water partition coefficient (Wildman–Crippen LogP) is 2.43. The summed E-state index contributed by atoms with van der Waals surface area (Å²) in [4.78, 5) is 0. The monoisotopic (exact) mass is 292 g/mol. The molecule has 1 aromatic carbocycles. The zero-order valence-electron chi connectivity index (χ0n) is 11.3. The Bertz CT molecular complexity index is 626. The lowest BCUT2D eigenvalue weighted by atomic mass is 10.2. The molecule has 1 aromatic heterocycles. The zero-order chi connectivity index (χ0) is 14.1. The Kier molecular flexibility index (Phi) is 3.63. The lowest BCUT2D eigenvalue weighted by Crippen LogP contribution is -2.21. The smallest absolute Gasteiger partial charge is 0.149 e.